The van der Waals surface area contributed by atoms with Crippen molar-refractivity contribution in [1.82, 2.24) is 24.5 Å². The highest BCUT2D eigenvalue weighted by atomic mass is 79.9. The molecule has 0 saturated carbocycles. The van der Waals surface area contributed by atoms with E-state index >= 15 is 0 Å². The maximum atomic E-state index is 12.5. The summed E-state index contributed by atoms with van der Waals surface area (Å²) in [6, 6.07) is 12.7. The summed E-state index contributed by atoms with van der Waals surface area (Å²) in [6.45, 7) is 0.347. The van der Waals surface area contributed by atoms with Crippen molar-refractivity contribution >= 4 is 38.4 Å². The molecule has 140 valence electrons. The zero-order chi connectivity index (χ0) is 19.5. The third-order valence-electron chi connectivity index (χ3n) is 4.21. The first kappa shape index (κ1) is 18.1. The van der Waals surface area contributed by atoms with Gasteiger partial charge in [0.15, 0.2) is 0 Å². The van der Waals surface area contributed by atoms with E-state index in [1.165, 1.54) is 12.5 Å². The van der Waals surface area contributed by atoms with Gasteiger partial charge in [-0.15, -0.1) is 0 Å². The molecule has 0 bridgehead atoms. The first-order chi connectivity index (χ1) is 13.6. The van der Waals surface area contributed by atoms with E-state index in [9.17, 15) is 9.59 Å². The quantitative estimate of drug-likeness (QED) is 0.516. The molecule has 2 aromatic carbocycles. The van der Waals surface area contributed by atoms with Crippen LogP contribution in [-0.4, -0.2) is 30.5 Å². The van der Waals surface area contributed by atoms with Crippen molar-refractivity contribution in [2.45, 2.75) is 13.0 Å². The van der Waals surface area contributed by atoms with Gasteiger partial charge >= 0.3 is 0 Å². The van der Waals surface area contributed by atoms with E-state index in [0.29, 0.717) is 28.8 Å². The van der Waals surface area contributed by atoms with Gasteiger partial charge in [0.05, 0.1) is 29.6 Å². The van der Waals surface area contributed by atoms with Crippen LogP contribution in [0, 0.1) is 0 Å². The second kappa shape index (κ2) is 7.73. The first-order valence-corrected chi connectivity index (χ1v) is 9.30. The number of amides is 1. The highest BCUT2D eigenvalue weighted by Gasteiger charge is 2.11. The minimum Gasteiger partial charge on any atom is -0.324 e. The smallest absolute Gasteiger partial charge is 0.226 e. The number of carbonyl (C=O) groups excluding carboxylic acids is 1. The van der Waals surface area contributed by atoms with E-state index in [1.54, 1.807) is 27.8 Å². The van der Waals surface area contributed by atoms with E-state index in [1.807, 2.05) is 30.3 Å². The molecule has 0 aliphatic carbocycles. The molecular formula is C19H15BrN6O2. The fourth-order valence-corrected chi connectivity index (χ4v) is 3.26. The van der Waals surface area contributed by atoms with Crippen LogP contribution in [-0.2, 0) is 11.3 Å². The van der Waals surface area contributed by atoms with Crippen molar-refractivity contribution in [2.24, 2.45) is 0 Å². The number of hydrogen-bond acceptors (Lipinski definition) is 5. The Morgan fingerprint density at radius 1 is 1.14 bits per heavy atom. The van der Waals surface area contributed by atoms with Gasteiger partial charge in [-0.3, -0.25) is 14.3 Å². The predicted molar refractivity (Wildman–Crippen MR) is 108 cm³/mol. The first-order valence-electron chi connectivity index (χ1n) is 8.51. The third-order valence-corrected chi connectivity index (χ3v) is 4.70. The number of anilines is 1. The van der Waals surface area contributed by atoms with Gasteiger partial charge in [0, 0.05) is 16.3 Å². The van der Waals surface area contributed by atoms with Gasteiger partial charge in [-0.05, 0) is 30.3 Å². The number of aryl methyl sites for hydroxylation is 1. The van der Waals surface area contributed by atoms with Gasteiger partial charge in [0.1, 0.15) is 12.7 Å². The summed E-state index contributed by atoms with van der Waals surface area (Å²) in [5, 5.41) is 11.8. The Bertz CT molecular complexity index is 1200. The molecule has 1 amide bonds. The zero-order valence-electron chi connectivity index (χ0n) is 14.6. The van der Waals surface area contributed by atoms with Gasteiger partial charge in [-0.1, -0.05) is 28.1 Å². The van der Waals surface area contributed by atoms with Crippen LogP contribution in [0.25, 0.3) is 16.6 Å². The topological polar surface area (TPSA) is 94.7 Å². The number of nitrogens with one attached hydrogen (secondary N) is 1. The van der Waals surface area contributed by atoms with Crippen LogP contribution >= 0.6 is 15.9 Å². The van der Waals surface area contributed by atoms with E-state index in [-0.39, 0.29) is 17.8 Å². The number of rotatable bonds is 5. The van der Waals surface area contributed by atoms with Gasteiger partial charge in [-0.25, -0.2) is 9.67 Å². The SMILES string of the molecule is O=C(CCn1ncc(=O)c2ccccc21)Nc1cc(Br)ccc1-n1cncn1. The normalized spacial score (nSPS) is 10.9. The van der Waals surface area contributed by atoms with E-state index in [4.69, 9.17) is 0 Å². The van der Waals surface area contributed by atoms with Crippen LogP contribution in [0.15, 0.2) is 70.6 Å². The van der Waals surface area contributed by atoms with Crippen LogP contribution in [0.4, 0.5) is 5.69 Å². The number of para-hydroxylation sites is 1. The fourth-order valence-electron chi connectivity index (χ4n) is 2.90. The lowest BCUT2D eigenvalue weighted by molar-refractivity contribution is -0.116. The summed E-state index contributed by atoms with van der Waals surface area (Å²) in [7, 11) is 0. The summed E-state index contributed by atoms with van der Waals surface area (Å²) in [6.07, 6.45) is 4.47. The fraction of sp³-hybridized carbons (Fsp3) is 0.105. The van der Waals surface area contributed by atoms with Crippen molar-refractivity contribution in [3.05, 3.63) is 76.0 Å². The van der Waals surface area contributed by atoms with Gasteiger partial charge < -0.3 is 5.32 Å². The molecule has 0 aliphatic rings. The highest BCUT2D eigenvalue weighted by molar-refractivity contribution is 9.10. The standard InChI is InChI=1S/C19H15BrN6O2/c20-13-5-6-17(26-12-21-11-23-26)15(9-13)24-19(28)7-8-25-16-4-2-1-3-14(16)18(27)10-22-25/h1-6,9-12H,7-8H2,(H,24,28). The van der Waals surface area contributed by atoms with Crippen molar-refractivity contribution < 1.29 is 4.79 Å². The predicted octanol–water partition coefficient (Wildman–Crippen LogP) is 2.77. The Balaban J connectivity index is 1.53. The molecular weight excluding hydrogens is 424 g/mol. The minimum atomic E-state index is -0.177. The van der Waals surface area contributed by atoms with Crippen molar-refractivity contribution in [1.29, 1.82) is 0 Å². The number of aromatic nitrogens is 5. The average Bonchev–Trinajstić information content (AvgIpc) is 3.22. The maximum Gasteiger partial charge on any atom is 0.226 e. The lowest BCUT2D eigenvalue weighted by Crippen LogP contribution is -2.18. The van der Waals surface area contributed by atoms with E-state index in [0.717, 1.165) is 4.47 Å². The number of fused-ring (bicyclic) bond motifs is 1. The summed E-state index contributed by atoms with van der Waals surface area (Å²) in [4.78, 5) is 28.4. The molecule has 1 N–H and O–H groups in total. The van der Waals surface area contributed by atoms with Crippen molar-refractivity contribution in [2.75, 3.05) is 5.32 Å². The molecule has 2 aromatic heterocycles. The molecule has 28 heavy (non-hydrogen) atoms. The Morgan fingerprint density at radius 3 is 2.82 bits per heavy atom. The lowest BCUT2D eigenvalue weighted by Gasteiger charge is -2.12. The summed E-state index contributed by atoms with van der Waals surface area (Å²) in [5.74, 6) is -0.177. The molecule has 8 nitrogen and oxygen atoms in total. The monoisotopic (exact) mass is 438 g/mol. The molecule has 9 heteroatoms. The highest BCUT2D eigenvalue weighted by Crippen LogP contribution is 2.24. The van der Waals surface area contributed by atoms with Crippen molar-refractivity contribution in [3.63, 3.8) is 0 Å². The number of halogens is 1. The van der Waals surface area contributed by atoms with Crippen LogP contribution in [0.2, 0.25) is 0 Å². The third kappa shape index (κ3) is 3.70. The number of carbonyl (C=O) groups is 1. The molecule has 0 atom stereocenters. The van der Waals surface area contributed by atoms with Crippen LogP contribution in [0.1, 0.15) is 6.42 Å². The van der Waals surface area contributed by atoms with Crippen LogP contribution < -0.4 is 10.7 Å². The van der Waals surface area contributed by atoms with Crippen LogP contribution in [0.3, 0.4) is 0 Å². The molecule has 0 radical (unpaired) electrons. The molecule has 0 saturated heterocycles. The average molecular weight is 439 g/mol. The van der Waals surface area contributed by atoms with Gasteiger partial charge in [0.25, 0.3) is 0 Å². The second-order valence-corrected chi connectivity index (χ2v) is 6.96. The number of benzene rings is 2. The minimum absolute atomic E-state index is 0.136. The van der Waals surface area contributed by atoms with E-state index in [2.05, 4.69) is 36.4 Å². The molecule has 0 fully saturated rings. The lowest BCUT2D eigenvalue weighted by atomic mass is 10.2. The molecule has 4 rings (SSSR count). The molecule has 0 unspecified atom stereocenters. The molecule has 4 aromatic rings. The Kier molecular flexibility index (Phi) is 4.98. The molecule has 2 heterocycles. The summed E-state index contributed by atoms with van der Waals surface area (Å²) >= 11 is 3.42. The van der Waals surface area contributed by atoms with E-state index < -0.39 is 0 Å². The second-order valence-electron chi connectivity index (χ2n) is 6.05. The molecule has 0 aliphatic heterocycles. The van der Waals surface area contributed by atoms with Crippen molar-refractivity contribution in [3.8, 4) is 5.69 Å². The van der Waals surface area contributed by atoms with Crippen LogP contribution in [0.5, 0.6) is 0 Å². The van der Waals surface area contributed by atoms with Gasteiger partial charge in [0.2, 0.25) is 11.3 Å². The summed E-state index contributed by atoms with van der Waals surface area (Å²) < 4.78 is 4.08. The Labute approximate surface area is 168 Å². The maximum absolute atomic E-state index is 12.5. The Hall–Kier alpha value is -3.33. The number of hydrogen-bond donors (Lipinski definition) is 1. The molecule has 0 spiro atoms. The number of nitrogens with zero attached hydrogens (tertiary/aromatic N) is 5. The summed E-state index contributed by atoms with van der Waals surface area (Å²) in [5.41, 5.74) is 1.89. The Morgan fingerprint density at radius 2 is 2.00 bits per heavy atom. The van der Waals surface area contributed by atoms with Gasteiger partial charge in [-0.2, -0.15) is 10.2 Å². The zero-order valence-corrected chi connectivity index (χ0v) is 16.2. The largest absolute Gasteiger partial charge is 0.324 e.